The number of halogens is 2. The van der Waals surface area contributed by atoms with Gasteiger partial charge in [-0.05, 0) is 24.5 Å². The van der Waals surface area contributed by atoms with E-state index in [-0.39, 0.29) is 18.9 Å². The smallest absolute Gasteiger partial charge is 0.306 e. The maximum Gasteiger partial charge on any atom is 0.306 e. The maximum absolute atomic E-state index is 13.7. The first-order chi connectivity index (χ1) is 12.3. The Bertz CT molecular complexity index is 704. The van der Waals surface area contributed by atoms with Gasteiger partial charge in [-0.1, -0.05) is 33.1 Å². The molecule has 0 aliphatic carbocycles. The molecule has 148 valence electrons. The van der Waals surface area contributed by atoms with Crippen LogP contribution in [0.25, 0.3) is 0 Å². The molecular formula is C18H26F2O5S. The van der Waals surface area contributed by atoms with Crippen LogP contribution in [0.1, 0.15) is 46.0 Å². The highest BCUT2D eigenvalue weighted by Gasteiger charge is 2.25. The van der Waals surface area contributed by atoms with Crippen molar-refractivity contribution < 1.29 is 31.5 Å². The Morgan fingerprint density at radius 1 is 1.23 bits per heavy atom. The van der Waals surface area contributed by atoms with Crippen LogP contribution in [-0.2, 0) is 19.4 Å². The number of rotatable bonds is 11. The van der Waals surface area contributed by atoms with Gasteiger partial charge in [0, 0.05) is 0 Å². The normalized spacial score (nSPS) is 12.7. The van der Waals surface area contributed by atoms with E-state index in [1.54, 1.807) is 0 Å². The first-order valence-corrected chi connectivity index (χ1v) is 10.3. The lowest BCUT2D eigenvalue weighted by Crippen LogP contribution is -2.18. The second-order valence-corrected chi connectivity index (χ2v) is 8.14. The fourth-order valence-electron chi connectivity index (χ4n) is 2.46. The average Bonchev–Trinajstić information content (AvgIpc) is 2.62. The summed E-state index contributed by atoms with van der Waals surface area (Å²) in [7, 11) is -2.98. The van der Waals surface area contributed by atoms with Gasteiger partial charge in [0.15, 0.2) is 21.4 Å². The summed E-state index contributed by atoms with van der Waals surface area (Å²) in [4.78, 5) is 11.4. The van der Waals surface area contributed by atoms with E-state index in [4.69, 9.17) is 4.74 Å². The minimum atomic E-state index is -4.03. The maximum atomic E-state index is 13.7. The average molecular weight is 392 g/mol. The Balaban J connectivity index is 2.69. The number of hydrogen-bond acceptors (Lipinski definition) is 5. The number of ether oxygens (including phenoxy) is 2. The number of methoxy groups -OCH3 is 1. The van der Waals surface area contributed by atoms with Gasteiger partial charge in [0.1, 0.15) is 4.90 Å². The Morgan fingerprint density at radius 2 is 1.92 bits per heavy atom. The van der Waals surface area contributed by atoms with Gasteiger partial charge in [-0.3, -0.25) is 4.79 Å². The van der Waals surface area contributed by atoms with E-state index in [0.29, 0.717) is 6.07 Å². The second-order valence-electron chi connectivity index (χ2n) is 6.06. The lowest BCUT2D eigenvalue weighted by Gasteiger charge is -2.15. The van der Waals surface area contributed by atoms with Gasteiger partial charge < -0.3 is 9.47 Å². The molecule has 0 saturated carbocycles. The zero-order valence-corrected chi connectivity index (χ0v) is 16.2. The molecule has 0 aliphatic heterocycles. The number of sulfone groups is 1. The molecule has 0 aromatic heterocycles. The van der Waals surface area contributed by atoms with E-state index in [1.165, 1.54) is 0 Å². The highest BCUT2D eigenvalue weighted by Crippen LogP contribution is 2.29. The van der Waals surface area contributed by atoms with Gasteiger partial charge >= 0.3 is 5.97 Å². The monoisotopic (exact) mass is 392 g/mol. The van der Waals surface area contributed by atoms with Gasteiger partial charge in [0.05, 0.1) is 25.9 Å². The molecule has 0 spiro atoms. The highest BCUT2D eigenvalue weighted by atomic mass is 32.2. The number of esters is 1. The standard InChI is InChI=1S/C18H26F2O5S/c1-4-6-7-13(5-2)12-25-16(21)10-11-26(22,23)15-9-8-14(19)17(20)18(15)24-3/h8-9,13H,4-7,10-12H2,1-3H3. The molecule has 1 aromatic rings. The second kappa shape index (κ2) is 10.4. The van der Waals surface area contributed by atoms with Gasteiger partial charge in [0.2, 0.25) is 5.82 Å². The summed E-state index contributed by atoms with van der Waals surface area (Å²) in [5.74, 6) is -4.23. The van der Waals surface area contributed by atoms with Gasteiger partial charge in [-0.25, -0.2) is 12.8 Å². The van der Waals surface area contributed by atoms with Crippen molar-refractivity contribution >= 4 is 15.8 Å². The highest BCUT2D eigenvalue weighted by molar-refractivity contribution is 7.91. The molecule has 0 fully saturated rings. The Hall–Kier alpha value is -1.70. The number of carbonyl (C=O) groups is 1. The van der Waals surface area contributed by atoms with Gasteiger partial charge in [-0.15, -0.1) is 0 Å². The van der Waals surface area contributed by atoms with Crippen molar-refractivity contribution in [2.24, 2.45) is 5.92 Å². The van der Waals surface area contributed by atoms with E-state index < -0.39 is 43.8 Å². The fraction of sp³-hybridized carbons (Fsp3) is 0.611. The number of unbranched alkanes of at least 4 members (excludes halogenated alkanes) is 1. The number of benzene rings is 1. The molecule has 1 unspecified atom stereocenters. The van der Waals surface area contributed by atoms with Crippen LogP contribution < -0.4 is 4.74 Å². The molecule has 0 bridgehead atoms. The molecule has 0 N–H and O–H groups in total. The topological polar surface area (TPSA) is 69.7 Å². The quantitative estimate of drug-likeness (QED) is 0.422. The van der Waals surface area contributed by atoms with Crippen LogP contribution in [0.5, 0.6) is 5.75 Å². The first kappa shape index (κ1) is 22.3. The largest absolute Gasteiger partial charge is 0.492 e. The summed E-state index contributed by atoms with van der Waals surface area (Å²) in [6, 6.07) is 1.64. The van der Waals surface area contributed by atoms with Crippen molar-refractivity contribution in [3.05, 3.63) is 23.8 Å². The number of hydrogen-bond donors (Lipinski definition) is 0. The Morgan fingerprint density at radius 3 is 2.50 bits per heavy atom. The van der Waals surface area contributed by atoms with E-state index in [1.807, 2.05) is 6.92 Å². The predicted molar refractivity (Wildman–Crippen MR) is 93.8 cm³/mol. The van der Waals surface area contributed by atoms with Crippen molar-refractivity contribution in [1.29, 1.82) is 0 Å². The van der Waals surface area contributed by atoms with Crippen molar-refractivity contribution in [1.82, 2.24) is 0 Å². The van der Waals surface area contributed by atoms with Crippen LogP contribution in [0.2, 0.25) is 0 Å². The first-order valence-electron chi connectivity index (χ1n) is 8.67. The predicted octanol–water partition coefficient (Wildman–Crippen LogP) is 3.90. The summed E-state index contributed by atoms with van der Waals surface area (Å²) in [5, 5.41) is 0. The minimum absolute atomic E-state index is 0.252. The molecule has 0 radical (unpaired) electrons. The molecule has 8 heteroatoms. The fourth-order valence-corrected chi connectivity index (χ4v) is 3.84. The van der Waals surface area contributed by atoms with E-state index in [9.17, 15) is 22.0 Å². The summed E-state index contributed by atoms with van der Waals surface area (Å²) >= 11 is 0. The molecule has 0 amide bonds. The van der Waals surface area contributed by atoms with E-state index in [0.717, 1.165) is 38.9 Å². The van der Waals surface area contributed by atoms with Gasteiger partial charge in [0.25, 0.3) is 0 Å². The molecule has 26 heavy (non-hydrogen) atoms. The Labute approximate surface area is 153 Å². The van der Waals surface area contributed by atoms with Crippen molar-refractivity contribution in [2.75, 3.05) is 19.5 Å². The molecule has 0 heterocycles. The van der Waals surface area contributed by atoms with Gasteiger partial charge in [-0.2, -0.15) is 4.39 Å². The van der Waals surface area contributed by atoms with Crippen LogP contribution in [0.3, 0.4) is 0 Å². The molecule has 1 aromatic carbocycles. The van der Waals surface area contributed by atoms with E-state index >= 15 is 0 Å². The molecule has 1 rings (SSSR count). The van der Waals surface area contributed by atoms with Crippen LogP contribution in [0, 0.1) is 17.6 Å². The lowest BCUT2D eigenvalue weighted by atomic mass is 10.0. The van der Waals surface area contributed by atoms with Crippen LogP contribution >= 0.6 is 0 Å². The van der Waals surface area contributed by atoms with Crippen LogP contribution in [0.15, 0.2) is 17.0 Å². The lowest BCUT2D eigenvalue weighted by molar-refractivity contribution is -0.144. The molecule has 0 saturated heterocycles. The summed E-state index contributed by atoms with van der Waals surface area (Å²) in [5.41, 5.74) is 0. The third kappa shape index (κ3) is 6.23. The minimum Gasteiger partial charge on any atom is -0.492 e. The molecule has 5 nitrogen and oxygen atoms in total. The molecule has 1 atom stereocenters. The summed E-state index contributed by atoms with van der Waals surface area (Å²) in [6.45, 7) is 4.34. The third-order valence-corrected chi connectivity index (χ3v) is 5.88. The molecular weight excluding hydrogens is 366 g/mol. The molecule has 0 aliphatic rings. The van der Waals surface area contributed by atoms with Crippen LogP contribution in [-0.4, -0.2) is 33.9 Å². The van der Waals surface area contributed by atoms with E-state index in [2.05, 4.69) is 11.7 Å². The summed E-state index contributed by atoms with van der Waals surface area (Å²) < 4.78 is 61.4. The van der Waals surface area contributed by atoms with Crippen molar-refractivity contribution in [2.45, 2.75) is 50.8 Å². The van der Waals surface area contributed by atoms with Crippen LogP contribution in [0.4, 0.5) is 8.78 Å². The zero-order valence-electron chi connectivity index (χ0n) is 15.4. The van der Waals surface area contributed by atoms with Crippen molar-refractivity contribution in [3.63, 3.8) is 0 Å². The SMILES string of the molecule is CCCCC(CC)COC(=O)CCS(=O)(=O)c1ccc(F)c(F)c1OC. The summed E-state index contributed by atoms with van der Waals surface area (Å²) in [6.07, 6.45) is 3.55. The Kier molecular flexibility index (Phi) is 8.98. The van der Waals surface area contributed by atoms with Crippen molar-refractivity contribution in [3.8, 4) is 5.75 Å². The number of carbonyl (C=O) groups excluding carboxylic acids is 1. The zero-order chi connectivity index (χ0) is 19.7. The third-order valence-electron chi connectivity index (χ3n) is 4.15.